The van der Waals surface area contributed by atoms with E-state index in [9.17, 15) is 0 Å². The average Bonchev–Trinajstić information content (AvgIpc) is 2.46. The van der Waals surface area contributed by atoms with Gasteiger partial charge in [-0.2, -0.15) is 0 Å². The summed E-state index contributed by atoms with van der Waals surface area (Å²) < 4.78 is 0. The highest BCUT2D eigenvalue weighted by atomic mass is 14.4. The SMILES string of the molecule is CC1C=CCCC12CCCC2. The van der Waals surface area contributed by atoms with Crippen molar-refractivity contribution in [1.82, 2.24) is 0 Å². The Hall–Kier alpha value is -0.260. The van der Waals surface area contributed by atoms with Crippen LogP contribution in [0.2, 0.25) is 0 Å². The number of hydrogen-bond acceptors (Lipinski definition) is 0. The van der Waals surface area contributed by atoms with Crippen molar-refractivity contribution in [2.24, 2.45) is 11.3 Å². The second-order valence-electron chi connectivity index (χ2n) is 4.32. The van der Waals surface area contributed by atoms with Crippen LogP contribution in [0.15, 0.2) is 12.2 Å². The Kier molecular flexibility index (Phi) is 1.78. The summed E-state index contributed by atoms with van der Waals surface area (Å²) in [7, 11) is 0. The summed E-state index contributed by atoms with van der Waals surface area (Å²) in [6, 6.07) is 0. The van der Waals surface area contributed by atoms with E-state index in [1.165, 1.54) is 38.5 Å². The van der Waals surface area contributed by atoms with Crippen LogP contribution in [-0.4, -0.2) is 0 Å². The lowest BCUT2D eigenvalue weighted by atomic mass is 9.69. The monoisotopic (exact) mass is 150 g/mol. The molecule has 0 aromatic rings. The quantitative estimate of drug-likeness (QED) is 0.463. The Bertz CT molecular complexity index is 161. The van der Waals surface area contributed by atoms with E-state index in [1.807, 2.05) is 0 Å². The zero-order chi connectivity index (χ0) is 7.73. The van der Waals surface area contributed by atoms with Gasteiger partial charge < -0.3 is 0 Å². The van der Waals surface area contributed by atoms with Crippen LogP contribution in [-0.2, 0) is 0 Å². The van der Waals surface area contributed by atoms with Crippen molar-refractivity contribution in [3.05, 3.63) is 12.2 Å². The second-order valence-corrected chi connectivity index (χ2v) is 4.32. The van der Waals surface area contributed by atoms with Gasteiger partial charge in [0.25, 0.3) is 0 Å². The first-order valence-corrected chi connectivity index (χ1v) is 5.00. The molecule has 0 radical (unpaired) electrons. The molecule has 0 aromatic carbocycles. The molecule has 1 unspecified atom stereocenters. The highest BCUT2D eigenvalue weighted by Crippen LogP contribution is 2.50. The number of rotatable bonds is 0. The highest BCUT2D eigenvalue weighted by Gasteiger charge is 2.38. The maximum Gasteiger partial charge on any atom is -0.0205 e. The van der Waals surface area contributed by atoms with Crippen molar-refractivity contribution in [1.29, 1.82) is 0 Å². The summed E-state index contributed by atoms with van der Waals surface area (Å²) in [5.41, 5.74) is 0.745. The number of allylic oxidation sites excluding steroid dienone is 2. The normalized spacial score (nSPS) is 34.8. The Morgan fingerprint density at radius 2 is 1.91 bits per heavy atom. The first-order chi connectivity index (χ1) is 5.33. The van der Waals surface area contributed by atoms with Gasteiger partial charge in [-0.05, 0) is 37.0 Å². The molecule has 0 bridgehead atoms. The lowest BCUT2D eigenvalue weighted by Gasteiger charge is -2.36. The first-order valence-electron chi connectivity index (χ1n) is 5.00. The van der Waals surface area contributed by atoms with E-state index < -0.39 is 0 Å². The fourth-order valence-electron chi connectivity index (χ4n) is 2.89. The maximum atomic E-state index is 2.44. The molecule has 0 heteroatoms. The van der Waals surface area contributed by atoms with E-state index in [4.69, 9.17) is 0 Å². The van der Waals surface area contributed by atoms with Gasteiger partial charge in [-0.1, -0.05) is 31.9 Å². The topological polar surface area (TPSA) is 0 Å². The molecule has 1 atom stereocenters. The van der Waals surface area contributed by atoms with Gasteiger partial charge in [0.2, 0.25) is 0 Å². The summed E-state index contributed by atoms with van der Waals surface area (Å²) in [4.78, 5) is 0. The van der Waals surface area contributed by atoms with Gasteiger partial charge in [0.1, 0.15) is 0 Å². The van der Waals surface area contributed by atoms with E-state index in [0.29, 0.717) is 0 Å². The van der Waals surface area contributed by atoms with E-state index in [1.54, 1.807) is 0 Å². The van der Waals surface area contributed by atoms with Gasteiger partial charge in [-0.15, -0.1) is 0 Å². The molecule has 0 heterocycles. The lowest BCUT2D eigenvalue weighted by molar-refractivity contribution is 0.192. The van der Waals surface area contributed by atoms with E-state index in [2.05, 4.69) is 19.1 Å². The second kappa shape index (κ2) is 2.66. The molecular formula is C11H18. The third-order valence-corrected chi connectivity index (χ3v) is 3.80. The minimum absolute atomic E-state index is 0.745. The van der Waals surface area contributed by atoms with E-state index in [0.717, 1.165) is 11.3 Å². The van der Waals surface area contributed by atoms with E-state index in [-0.39, 0.29) is 0 Å². The van der Waals surface area contributed by atoms with E-state index >= 15 is 0 Å². The molecule has 11 heavy (non-hydrogen) atoms. The van der Waals surface area contributed by atoms with Crippen LogP contribution in [0.5, 0.6) is 0 Å². The van der Waals surface area contributed by atoms with Gasteiger partial charge in [0.15, 0.2) is 0 Å². The van der Waals surface area contributed by atoms with Crippen LogP contribution < -0.4 is 0 Å². The van der Waals surface area contributed by atoms with Gasteiger partial charge in [-0.3, -0.25) is 0 Å². The van der Waals surface area contributed by atoms with Crippen molar-refractivity contribution >= 4 is 0 Å². The van der Waals surface area contributed by atoms with Crippen molar-refractivity contribution in [2.75, 3.05) is 0 Å². The molecule has 62 valence electrons. The first kappa shape index (κ1) is 7.39. The molecular weight excluding hydrogens is 132 g/mol. The fourth-order valence-corrected chi connectivity index (χ4v) is 2.89. The zero-order valence-corrected chi connectivity index (χ0v) is 7.47. The fraction of sp³-hybridized carbons (Fsp3) is 0.818. The molecule has 0 aliphatic heterocycles. The van der Waals surface area contributed by atoms with Crippen molar-refractivity contribution in [3.8, 4) is 0 Å². The molecule has 0 amide bonds. The molecule has 1 spiro atoms. The molecule has 0 N–H and O–H groups in total. The van der Waals surface area contributed by atoms with Gasteiger partial charge in [-0.25, -0.2) is 0 Å². The largest absolute Gasteiger partial charge is 0.0882 e. The standard InChI is InChI=1S/C11H18/c1-10-6-2-3-7-11(10)8-4-5-9-11/h2,6,10H,3-5,7-9H2,1H3. The van der Waals surface area contributed by atoms with Crippen molar-refractivity contribution in [3.63, 3.8) is 0 Å². The average molecular weight is 150 g/mol. The molecule has 2 aliphatic rings. The Labute approximate surface area is 69.7 Å². The minimum Gasteiger partial charge on any atom is -0.0882 e. The van der Waals surface area contributed by atoms with Crippen LogP contribution in [0.1, 0.15) is 45.4 Å². The molecule has 2 aliphatic carbocycles. The summed E-state index contributed by atoms with van der Waals surface area (Å²) in [6.07, 6.45) is 13.6. The van der Waals surface area contributed by atoms with Crippen molar-refractivity contribution in [2.45, 2.75) is 45.4 Å². The zero-order valence-electron chi connectivity index (χ0n) is 7.47. The summed E-state index contributed by atoms with van der Waals surface area (Å²) in [5, 5.41) is 0. The molecule has 1 saturated carbocycles. The minimum atomic E-state index is 0.745. The highest BCUT2D eigenvalue weighted by molar-refractivity contribution is 5.04. The van der Waals surface area contributed by atoms with Crippen LogP contribution in [0, 0.1) is 11.3 Å². The maximum absolute atomic E-state index is 2.44. The smallest absolute Gasteiger partial charge is 0.0205 e. The van der Waals surface area contributed by atoms with Crippen molar-refractivity contribution < 1.29 is 0 Å². The van der Waals surface area contributed by atoms with Gasteiger partial charge in [0, 0.05) is 0 Å². The number of hydrogen-bond donors (Lipinski definition) is 0. The Morgan fingerprint density at radius 3 is 2.55 bits per heavy atom. The summed E-state index contributed by atoms with van der Waals surface area (Å²) in [6.45, 7) is 2.40. The molecule has 2 rings (SSSR count). The van der Waals surface area contributed by atoms with Gasteiger partial charge in [0.05, 0.1) is 0 Å². The summed E-state index contributed by atoms with van der Waals surface area (Å²) in [5.74, 6) is 0.860. The molecule has 1 fully saturated rings. The lowest BCUT2D eigenvalue weighted by Crippen LogP contribution is -2.26. The van der Waals surface area contributed by atoms with Crippen LogP contribution in [0.3, 0.4) is 0 Å². The predicted octanol–water partition coefficient (Wildman–Crippen LogP) is 3.53. The van der Waals surface area contributed by atoms with Crippen LogP contribution in [0.4, 0.5) is 0 Å². The predicted molar refractivity (Wildman–Crippen MR) is 48.4 cm³/mol. The Balaban J connectivity index is 2.16. The molecule has 0 nitrogen and oxygen atoms in total. The van der Waals surface area contributed by atoms with Crippen LogP contribution >= 0.6 is 0 Å². The van der Waals surface area contributed by atoms with Gasteiger partial charge >= 0.3 is 0 Å². The molecule has 0 aromatic heterocycles. The summed E-state index contributed by atoms with van der Waals surface area (Å²) >= 11 is 0. The molecule has 0 saturated heterocycles. The van der Waals surface area contributed by atoms with Crippen LogP contribution in [0.25, 0.3) is 0 Å². The Morgan fingerprint density at radius 1 is 1.18 bits per heavy atom. The third-order valence-electron chi connectivity index (χ3n) is 3.80. The third kappa shape index (κ3) is 1.13.